The Bertz CT molecular complexity index is 629. The first-order valence-corrected chi connectivity index (χ1v) is 9.81. The Balaban J connectivity index is 1.75. The van der Waals surface area contributed by atoms with Crippen molar-refractivity contribution in [1.82, 2.24) is 9.80 Å². The van der Waals surface area contributed by atoms with Gasteiger partial charge in [0.25, 0.3) is 0 Å². The molecule has 2 saturated heterocycles. The van der Waals surface area contributed by atoms with Crippen LogP contribution in [0.5, 0.6) is 0 Å². The van der Waals surface area contributed by atoms with Gasteiger partial charge in [0, 0.05) is 31.1 Å². The summed E-state index contributed by atoms with van der Waals surface area (Å²) in [5.41, 5.74) is 2.29. The van der Waals surface area contributed by atoms with Gasteiger partial charge in [-0.3, -0.25) is 4.90 Å². The minimum absolute atomic E-state index is 0.0601. The molecule has 1 N–H and O–H groups in total. The van der Waals surface area contributed by atoms with Crippen LogP contribution in [0, 0.1) is 0 Å². The molecule has 1 aromatic rings. The zero-order valence-electron chi connectivity index (χ0n) is 15.8. The molecule has 6 heteroatoms. The minimum atomic E-state index is -4.11. The van der Waals surface area contributed by atoms with Crippen LogP contribution in [0.4, 0.5) is 13.2 Å². The highest BCUT2D eigenvalue weighted by Gasteiger charge is 2.49. The van der Waals surface area contributed by atoms with Crippen molar-refractivity contribution in [3.63, 3.8) is 0 Å². The fourth-order valence-electron chi connectivity index (χ4n) is 4.52. The molecular formula is C21H29F3N2O. The average molecular weight is 382 g/mol. The fourth-order valence-corrected chi connectivity index (χ4v) is 4.52. The van der Waals surface area contributed by atoms with Crippen molar-refractivity contribution < 1.29 is 18.3 Å². The van der Waals surface area contributed by atoms with Gasteiger partial charge in [-0.05, 0) is 44.0 Å². The van der Waals surface area contributed by atoms with E-state index in [1.165, 1.54) is 5.56 Å². The van der Waals surface area contributed by atoms with Gasteiger partial charge in [-0.2, -0.15) is 13.2 Å². The van der Waals surface area contributed by atoms with Crippen molar-refractivity contribution in [2.24, 2.45) is 0 Å². The number of benzene rings is 1. The molecule has 2 heterocycles. The van der Waals surface area contributed by atoms with Gasteiger partial charge in [0.15, 0.2) is 0 Å². The molecule has 2 aliphatic heterocycles. The van der Waals surface area contributed by atoms with Crippen LogP contribution in [0.1, 0.15) is 43.2 Å². The lowest BCUT2D eigenvalue weighted by Crippen LogP contribution is -2.67. The molecule has 27 heavy (non-hydrogen) atoms. The summed E-state index contributed by atoms with van der Waals surface area (Å²) in [7, 11) is 0. The molecule has 0 aliphatic carbocycles. The van der Waals surface area contributed by atoms with Crippen LogP contribution >= 0.6 is 0 Å². The standard InChI is InChI=1S/C21H29F3N2O/c1-2-5-16-6-8-17(9-7-16)20-18-14-25(13-10-21(22,23)24)11-3-4-12-26(18)19(20)15-27/h2,5-9,18-20,27H,3-4,10-15H2,1H3/t18-,19+,20-/m1/s1. The van der Waals surface area contributed by atoms with Gasteiger partial charge >= 0.3 is 6.18 Å². The molecule has 0 bridgehead atoms. The lowest BCUT2D eigenvalue weighted by atomic mass is 9.74. The highest BCUT2D eigenvalue weighted by atomic mass is 19.4. The Morgan fingerprint density at radius 2 is 1.85 bits per heavy atom. The second-order valence-corrected chi connectivity index (χ2v) is 7.62. The Labute approximate surface area is 159 Å². The Morgan fingerprint density at radius 3 is 2.48 bits per heavy atom. The molecule has 2 aliphatic rings. The maximum Gasteiger partial charge on any atom is 0.390 e. The van der Waals surface area contributed by atoms with Crippen LogP contribution < -0.4 is 0 Å². The molecule has 0 spiro atoms. The predicted octanol–water partition coefficient (Wildman–Crippen LogP) is 3.90. The van der Waals surface area contributed by atoms with E-state index in [1.807, 2.05) is 24.0 Å². The van der Waals surface area contributed by atoms with E-state index in [-0.39, 0.29) is 31.2 Å². The smallest absolute Gasteiger partial charge is 0.390 e. The summed E-state index contributed by atoms with van der Waals surface area (Å²) in [5, 5.41) is 9.92. The molecule has 0 unspecified atom stereocenters. The van der Waals surface area contributed by atoms with E-state index in [0.717, 1.165) is 31.5 Å². The maximum absolute atomic E-state index is 12.7. The predicted molar refractivity (Wildman–Crippen MR) is 102 cm³/mol. The third-order valence-electron chi connectivity index (χ3n) is 5.85. The van der Waals surface area contributed by atoms with Gasteiger partial charge < -0.3 is 10.0 Å². The number of halogens is 3. The van der Waals surface area contributed by atoms with E-state index in [2.05, 4.69) is 29.2 Å². The number of nitrogens with zero attached hydrogens (tertiary/aromatic N) is 2. The van der Waals surface area contributed by atoms with Crippen LogP contribution in [0.15, 0.2) is 30.3 Å². The summed E-state index contributed by atoms with van der Waals surface area (Å²) < 4.78 is 38.0. The van der Waals surface area contributed by atoms with Crippen molar-refractivity contribution in [3.05, 3.63) is 41.5 Å². The Hall–Kier alpha value is -1.37. The molecule has 3 nitrogen and oxygen atoms in total. The van der Waals surface area contributed by atoms with E-state index in [0.29, 0.717) is 6.54 Å². The molecule has 150 valence electrons. The molecular weight excluding hydrogens is 353 g/mol. The lowest BCUT2D eigenvalue weighted by Gasteiger charge is -2.57. The largest absolute Gasteiger partial charge is 0.395 e. The van der Waals surface area contributed by atoms with E-state index in [4.69, 9.17) is 0 Å². The summed E-state index contributed by atoms with van der Waals surface area (Å²) in [5.74, 6) is 0.168. The van der Waals surface area contributed by atoms with Crippen molar-refractivity contribution in [2.75, 3.05) is 32.8 Å². The molecule has 0 radical (unpaired) electrons. The molecule has 3 rings (SSSR count). The Kier molecular flexibility index (Phi) is 6.61. The third kappa shape index (κ3) is 4.92. The normalized spacial score (nSPS) is 27.8. The first-order valence-electron chi connectivity index (χ1n) is 9.81. The third-order valence-corrected chi connectivity index (χ3v) is 5.85. The Morgan fingerprint density at radius 1 is 1.15 bits per heavy atom. The molecule has 1 aromatic carbocycles. The zero-order valence-corrected chi connectivity index (χ0v) is 15.8. The van der Waals surface area contributed by atoms with Crippen LogP contribution in [0.3, 0.4) is 0 Å². The zero-order chi connectivity index (χ0) is 19.4. The van der Waals surface area contributed by atoms with E-state index >= 15 is 0 Å². The molecule has 2 fully saturated rings. The summed E-state index contributed by atoms with van der Waals surface area (Å²) in [6, 6.07) is 8.55. The summed E-state index contributed by atoms with van der Waals surface area (Å²) in [6.45, 7) is 4.38. The number of alkyl halides is 3. The van der Waals surface area contributed by atoms with Gasteiger partial charge in [-0.1, -0.05) is 36.4 Å². The minimum Gasteiger partial charge on any atom is -0.395 e. The second-order valence-electron chi connectivity index (χ2n) is 7.62. The van der Waals surface area contributed by atoms with Crippen molar-refractivity contribution in [3.8, 4) is 0 Å². The SMILES string of the molecule is CC=Cc1ccc([C@@H]2[C@H]3CN(CCC(F)(F)F)CCCCN3[C@H]2CO)cc1. The fraction of sp³-hybridized carbons (Fsp3) is 0.619. The van der Waals surface area contributed by atoms with Crippen LogP contribution in [-0.4, -0.2) is 66.0 Å². The highest BCUT2D eigenvalue weighted by Crippen LogP contribution is 2.42. The number of allylic oxidation sites excluding steroid dienone is 1. The topological polar surface area (TPSA) is 26.7 Å². The lowest BCUT2D eigenvalue weighted by molar-refractivity contribution is -0.140. The van der Waals surface area contributed by atoms with E-state index in [9.17, 15) is 18.3 Å². The van der Waals surface area contributed by atoms with Crippen LogP contribution in [-0.2, 0) is 0 Å². The van der Waals surface area contributed by atoms with E-state index < -0.39 is 12.6 Å². The second kappa shape index (κ2) is 8.76. The number of hydrogen-bond donors (Lipinski definition) is 1. The highest BCUT2D eigenvalue weighted by molar-refractivity contribution is 5.50. The van der Waals surface area contributed by atoms with Crippen molar-refractivity contribution in [2.45, 2.75) is 50.4 Å². The first kappa shape index (κ1) is 20.4. The number of rotatable bonds is 5. The van der Waals surface area contributed by atoms with Gasteiger partial charge in [0.2, 0.25) is 0 Å². The first-order chi connectivity index (χ1) is 12.9. The maximum atomic E-state index is 12.7. The molecule has 3 atom stereocenters. The van der Waals surface area contributed by atoms with Crippen LogP contribution in [0.25, 0.3) is 6.08 Å². The number of aliphatic hydroxyl groups excluding tert-OH is 1. The van der Waals surface area contributed by atoms with Crippen molar-refractivity contribution >= 4 is 6.08 Å². The number of hydrogen-bond acceptors (Lipinski definition) is 3. The summed E-state index contributed by atoms with van der Waals surface area (Å²) in [6.07, 6.45) is 1.02. The average Bonchev–Trinajstić information content (AvgIpc) is 2.60. The quantitative estimate of drug-likeness (QED) is 0.837. The van der Waals surface area contributed by atoms with Crippen LogP contribution in [0.2, 0.25) is 0 Å². The van der Waals surface area contributed by atoms with Gasteiger partial charge in [0.05, 0.1) is 13.0 Å². The summed E-state index contributed by atoms with van der Waals surface area (Å²) >= 11 is 0. The van der Waals surface area contributed by atoms with Gasteiger partial charge in [-0.25, -0.2) is 0 Å². The molecule has 0 saturated carbocycles. The van der Waals surface area contributed by atoms with Crippen molar-refractivity contribution in [1.29, 1.82) is 0 Å². The van der Waals surface area contributed by atoms with Gasteiger partial charge in [0.1, 0.15) is 0 Å². The molecule has 0 aromatic heterocycles. The monoisotopic (exact) mass is 382 g/mol. The number of fused-ring (bicyclic) bond motifs is 1. The summed E-state index contributed by atoms with van der Waals surface area (Å²) in [4.78, 5) is 4.25. The number of aliphatic hydroxyl groups is 1. The van der Waals surface area contributed by atoms with Gasteiger partial charge in [-0.15, -0.1) is 0 Å². The molecule has 0 amide bonds. The van der Waals surface area contributed by atoms with E-state index in [1.54, 1.807) is 0 Å².